The molecule has 0 bridgehead atoms. The number of fused-ring (bicyclic) bond motifs is 1. The Bertz CT molecular complexity index is 571. The van der Waals surface area contributed by atoms with Crippen LogP contribution in [0.15, 0.2) is 18.2 Å². The van der Waals surface area contributed by atoms with Gasteiger partial charge in [0.25, 0.3) is 0 Å². The van der Waals surface area contributed by atoms with E-state index >= 15 is 0 Å². The van der Waals surface area contributed by atoms with Gasteiger partial charge in [-0.1, -0.05) is 0 Å². The average molecular weight is 277 g/mol. The van der Waals surface area contributed by atoms with Crippen LogP contribution in [0.5, 0.6) is 0 Å². The molecule has 2 rings (SSSR count). The third-order valence-corrected chi connectivity index (χ3v) is 3.10. The number of anilines is 1. The molecule has 0 aromatic heterocycles. The Morgan fingerprint density at radius 1 is 1.35 bits per heavy atom. The Morgan fingerprint density at radius 2 is 2.10 bits per heavy atom. The molecule has 4 N–H and O–H groups in total. The Kier molecular flexibility index (Phi) is 3.88. The first kappa shape index (κ1) is 13.9. The van der Waals surface area contributed by atoms with Gasteiger partial charge < -0.3 is 16.2 Å². The summed E-state index contributed by atoms with van der Waals surface area (Å²) in [5.41, 5.74) is 6.66. The molecule has 1 aromatic carbocycles. The number of primary amides is 1. The highest BCUT2D eigenvalue weighted by molar-refractivity contribution is 5.96. The topological polar surface area (TPSA) is 113 Å². The summed E-state index contributed by atoms with van der Waals surface area (Å²) >= 11 is 0. The van der Waals surface area contributed by atoms with Gasteiger partial charge in [0.05, 0.1) is 12.1 Å². The first-order chi connectivity index (χ1) is 9.49. The quantitative estimate of drug-likeness (QED) is 0.739. The van der Waals surface area contributed by atoms with Crippen molar-refractivity contribution in [1.29, 1.82) is 0 Å². The van der Waals surface area contributed by atoms with Crippen molar-refractivity contribution in [3.63, 3.8) is 0 Å². The van der Waals surface area contributed by atoms with Crippen molar-refractivity contribution in [3.8, 4) is 0 Å². The standard InChI is InChI=1S/C13H15N3O4/c14-11(17)7-15-13(20)16-5-1-2-8-6-9(12(18)19)3-4-10(8)16/h3-4,6H,1-2,5,7H2,(H2,14,17)(H,15,20)(H,18,19). The fourth-order valence-electron chi connectivity index (χ4n) is 2.20. The molecule has 0 radical (unpaired) electrons. The van der Waals surface area contributed by atoms with E-state index in [1.165, 1.54) is 11.0 Å². The van der Waals surface area contributed by atoms with Crippen molar-refractivity contribution >= 4 is 23.6 Å². The molecule has 0 atom stereocenters. The third kappa shape index (κ3) is 2.87. The van der Waals surface area contributed by atoms with Crippen LogP contribution in [0.25, 0.3) is 0 Å². The summed E-state index contributed by atoms with van der Waals surface area (Å²) < 4.78 is 0. The monoisotopic (exact) mass is 277 g/mol. The number of carbonyl (C=O) groups excluding carboxylic acids is 2. The third-order valence-electron chi connectivity index (χ3n) is 3.10. The molecule has 1 heterocycles. The van der Waals surface area contributed by atoms with Crippen molar-refractivity contribution < 1.29 is 19.5 Å². The minimum absolute atomic E-state index is 0.197. The zero-order chi connectivity index (χ0) is 14.7. The van der Waals surface area contributed by atoms with E-state index in [1.54, 1.807) is 12.1 Å². The summed E-state index contributed by atoms with van der Waals surface area (Å²) in [6.07, 6.45) is 1.45. The van der Waals surface area contributed by atoms with Crippen molar-refractivity contribution in [2.45, 2.75) is 12.8 Å². The summed E-state index contributed by atoms with van der Waals surface area (Å²) in [5.74, 6) is -1.61. The smallest absolute Gasteiger partial charge is 0.335 e. The maximum atomic E-state index is 12.0. The number of urea groups is 1. The molecular formula is C13H15N3O4. The van der Waals surface area contributed by atoms with Crippen LogP contribution in [0.4, 0.5) is 10.5 Å². The number of benzene rings is 1. The van der Waals surface area contributed by atoms with Crippen LogP contribution in [0.3, 0.4) is 0 Å². The zero-order valence-electron chi connectivity index (χ0n) is 10.8. The van der Waals surface area contributed by atoms with Gasteiger partial charge in [0.15, 0.2) is 0 Å². The Labute approximate surface area is 115 Å². The van der Waals surface area contributed by atoms with Crippen LogP contribution in [-0.4, -0.2) is 36.1 Å². The van der Waals surface area contributed by atoms with Crippen molar-refractivity contribution in [2.75, 3.05) is 18.0 Å². The van der Waals surface area contributed by atoms with E-state index in [1.807, 2.05) is 0 Å². The summed E-state index contributed by atoms with van der Waals surface area (Å²) in [5, 5.41) is 11.4. The molecule has 20 heavy (non-hydrogen) atoms. The number of carboxylic acid groups (broad SMARTS) is 1. The molecular weight excluding hydrogens is 262 g/mol. The van der Waals surface area contributed by atoms with Gasteiger partial charge in [-0.05, 0) is 36.6 Å². The lowest BCUT2D eigenvalue weighted by Gasteiger charge is -2.29. The molecule has 3 amide bonds. The number of aromatic carboxylic acids is 1. The summed E-state index contributed by atoms with van der Waals surface area (Å²) in [7, 11) is 0. The minimum Gasteiger partial charge on any atom is -0.478 e. The largest absolute Gasteiger partial charge is 0.478 e. The molecule has 1 aliphatic heterocycles. The normalized spacial score (nSPS) is 13.5. The molecule has 106 valence electrons. The Balaban J connectivity index is 2.22. The van der Waals surface area contributed by atoms with Crippen molar-refractivity contribution in [1.82, 2.24) is 5.32 Å². The number of aryl methyl sites for hydroxylation is 1. The molecule has 0 aliphatic carbocycles. The first-order valence-electron chi connectivity index (χ1n) is 6.19. The number of nitrogens with two attached hydrogens (primary N) is 1. The Hall–Kier alpha value is -2.57. The Morgan fingerprint density at radius 3 is 2.75 bits per heavy atom. The van der Waals surface area contributed by atoms with Gasteiger partial charge in [-0.2, -0.15) is 0 Å². The maximum Gasteiger partial charge on any atom is 0.335 e. The van der Waals surface area contributed by atoms with Crippen LogP contribution in [0.2, 0.25) is 0 Å². The summed E-state index contributed by atoms with van der Waals surface area (Å²) in [6.45, 7) is 0.294. The molecule has 1 aliphatic rings. The van der Waals surface area contributed by atoms with E-state index in [-0.39, 0.29) is 12.1 Å². The van der Waals surface area contributed by atoms with Gasteiger partial charge in [0.2, 0.25) is 5.91 Å². The molecule has 0 spiro atoms. The summed E-state index contributed by atoms with van der Waals surface area (Å²) in [4.78, 5) is 35.1. The number of amides is 3. The summed E-state index contributed by atoms with van der Waals surface area (Å²) in [6, 6.07) is 4.24. The lowest BCUT2D eigenvalue weighted by molar-refractivity contribution is -0.117. The number of carboxylic acids is 1. The number of hydrogen-bond acceptors (Lipinski definition) is 3. The van der Waals surface area contributed by atoms with Gasteiger partial charge >= 0.3 is 12.0 Å². The average Bonchev–Trinajstić information content (AvgIpc) is 2.43. The van der Waals surface area contributed by atoms with Gasteiger partial charge in [-0.25, -0.2) is 9.59 Å². The lowest BCUT2D eigenvalue weighted by atomic mass is 9.99. The van der Waals surface area contributed by atoms with E-state index in [0.29, 0.717) is 12.2 Å². The van der Waals surface area contributed by atoms with E-state index in [2.05, 4.69) is 5.32 Å². The molecule has 0 saturated carbocycles. The van der Waals surface area contributed by atoms with E-state index < -0.39 is 17.9 Å². The van der Waals surface area contributed by atoms with E-state index in [0.717, 1.165) is 18.4 Å². The van der Waals surface area contributed by atoms with Crippen molar-refractivity contribution in [3.05, 3.63) is 29.3 Å². The molecule has 7 heteroatoms. The highest BCUT2D eigenvalue weighted by Crippen LogP contribution is 2.28. The molecule has 7 nitrogen and oxygen atoms in total. The van der Waals surface area contributed by atoms with Gasteiger partial charge in [0, 0.05) is 12.2 Å². The lowest BCUT2D eigenvalue weighted by Crippen LogP contribution is -2.45. The van der Waals surface area contributed by atoms with Crippen LogP contribution in [0, 0.1) is 0 Å². The van der Waals surface area contributed by atoms with E-state index in [9.17, 15) is 14.4 Å². The highest BCUT2D eigenvalue weighted by Gasteiger charge is 2.23. The van der Waals surface area contributed by atoms with Gasteiger partial charge in [-0.3, -0.25) is 9.69 Å². The van der Waals surface area contributed by atoms with Gasteiger partial charge in [-0.15, -0.1) is 0 Å². The van der Waals surface area contributed by atoms with Crippen LogP contribution >= 0.6 is 0 Å². The number of carbonyl (C=O) groups is 3. The number of nitrogens with one attached hydrogen (secondary N) is 1. The van der Waals surface area contributed by atoms with Crippen molar-refractivity contribution in [2.24, 2.45) is 5.73 Å². The molecule has 0 fully saturated rings. The predicted molar refractivity (Wildman–Crippen MR) is 71.7 cm³/mol. The first-order valence-corrected chi connectivity index (χ1v) is 6.19. The molecule has 1 aromatic rings. The molecule has 0 saturated heterocycles. The number of nitrogens with zero attached hydrogens (tertiary/aromatic N) is 1. The van der Waals surface area contributed by atoms with Crippen LogP contribution in [-0.2, 0) is 11.2 Å². The second-order valence-corrected chi connectivity index (χ2v) is 4.53. The molecule has 0 unspecified atom stereocenters. The fourth-order valence-corrected chi connectivity index (χ4v) is 2.20. The second-order valence-electron chi connectivity index (χ2n) is 4.53. The zero-order valence-corrected chi connectivity index (χ0v) is 10.8. The van der Waals surface area contributed by atoms with Crippen LogP contribution in [0.1, 0.15) is 22.3 Å². The van der Waals surface area contributed by atoms with Gasteiger partial charge in [0.1, 0.15) is 0 Å². The second kappa shape index (κ2) is 5.60. The predicted octanol–water partition coefficient (Wildman–Crippen LogP) is 0.332. The van der Waals surface area contributed by atoms with Crippen LogP contribution < -0.4 is 16.0 Å². The fraction of sp³-hybridized carbons (Fsp3) is 0.308. The minimum atomic E-state index is -0.997. The van der Waals surface area contributed by atoms with E-state index in [4.69, 9.17) is 10.8 Å². The maximum absolute atomic E-state index is 12.0. The number of rotatable bonds is 3. The number of hydrogen-bond donors (Lipinski definition) is 3. The SMILES string of the molecule is NC(=O)CNC(=O)N1CCCc2cc(C(=O)O)ccc21. The highest BCUT2D eigenvalue weighted by atomic mass is 16.4.